The van der Waals surface area contributed by atoms with Gasteiger partial charge in [-0.15, -0.1) is 0 Å². The molecule has 0 saturated heterocycles. The van der Waals surface area contributed by atoms with Crippen LogP contribution in [0.15, 0.2) is 18.2 Å². The maximum Gasteiger partial charge on any atom is 0.398 e. The van der Waals surface area contributed by atoms with Crippen LogP contribution in [-0.2, 0) is 5.41 Å². The van der Waals surface area contributed by atoms with E-state index in [0.717, 1.165) is 0 Å². The highest BCUT2D eigenvalue weighted by molar-refractivity contribution is 6.31. The predicted octanol–water partition coefficient (Wildman–Crippen LogP) is 3.73. The van der Waals surface area contributed by atoms with Crippen molar-refractivity contribution in [2.75, 3.05) is 0 Å². The molecular weight excluding hydrogens is 213 g/mol. The number of hydrogen-bond acceptors (Lipinski definition) is 0. The van der Waals surface area contributed by atoms with Gasteiger partial charge in [-0.3, -0.25) is 0 Å². The molecule has 1 radical (unpaired) electrons. The standard InChI is InChI=1S/C10H7ClF3/c11-8-4-2-1-3-7(8)9(5-6-9)10(12,13)14/h1-3H,5-6H2. The lowest BCUT2D eigenvalue weighted by Gasteiger charge is -2.20. The van der Waals surface area contributed by atoms with E-state index in [2.05, 4.69) is 6.07 Å². The van der Waals surface area contributed by atoms with Crippen molar-refractivity contribution in [1.29, 1.82) is 0 Å². The second-order valence-electron chi connectivity index (χ2n) is 3.48. The summed E-state index contributed by atoms with van der Waals surface area (Å²) in [7, 11) is 0. The van der Waals surface area contributed by atoms with E-state index in [-0.39, 0.29) is 23.4 Å². The van der Waals surface area contributed by atoms with Gasteiger partial charge in [0.15, 0.2) is 0 Å². The Hall–Kier alpha value is -0.700. The highest BCUT2D eigenvalue weighted by Gasteiger charge is 2.64. The molecule has 1 fully saturated rings. The van der Waals surface area contributed by atoms with Crippen LogP contribution in [-0.4, -0.2) is 6.18 Å². The van der Waals surface area contributed by atoms with Crippen molar-refractivity contribution >= 4 is 11.6 Å². The zero-order chi connectivity index (χ0) is 10.4. The van der Waals surface area contributed by atoms with Gasteiger partial charge in [0.1, 0.15) is 0 Å². The minimum atomic E-state index is -4.20. The molecule has 14 heavy (non-hydrogen) atoms. The van der Waals surface area contributed by atoms with Gasteiger partial charge in [0.05, 0.1) is 10.4 Å². The third-order valence-corrected chi connectivity index (χ3v) is 2.93. The van der Waals surface area contributed by atoms with Crippen LogP contribution in [0.25, 0.3) is 0 Å². The summed E-state index contributed by atoms with van der Waals surface area (Å²) in [5.41, 5.74) is -1.53. The van der Waals surface area contributed by atoms with Crippen LogP contribution in [0.1, 0.15) is 18.4 Å². The molecule has 0 aliphatic heterocycles. The summed E-state index contributed by atoms with van der Waals surface area (Å²) in [5.74, 6) is 0. The molecule has 0 nitrogen and oxygen atoms in total. The lowest BCUT2D eigenvalue weighted by Crippen LogP contribution is -2.28. The van der Waals surface area contributed by atoms with Gasteiger partial charge in [-0.2, -0.15) is 13.2 Å². The molecule has 0 atom stereocenters. The highest BCUT2D eigenvalue weighted by atomic mass is 35.5. The van der Waals surface area contributed by atoms with Crippen molar-refractivity contribution in [3.63, 3.8) is 0 Å². The molecule has 0 heterocycles. The van der Waals surface area contributed by atoms with Crippen LogP contribution in [0.4, 0.5) is 13.2 Å². The minimum absolute atomic E-state index is 0.0855. The molecule has 0 aromatic heterocycles. The molecule has 0 bridgehead atoms. The van der Waals surface area contributed by atoms with E-state index in [1.807, 2.05) is 0 Å². The Kier molecular flexibility index (Phi) is 2.03. The topological polar surface area (TPSA) is 0 Å². The second-order valence-corrected chi connectivity index (χ2v) is 3.86. The molecule has 1 aromatic rings. The van der Waals surface area contributed by atoms with E-state index in [9.17, 15) is 13.2 Å². The van der Waals surface area contributed by atoms with Crippen LogP contribution < -0.4 is 0 Å². The molecule has 1 saturated carbocycles. The number of benzene rings is 1. The average molecular weight is 220 g/mol. The van der Waals surface area contributed by atoms with Gasteiger partial charge in [-0.05, 0) is 18.4 Å². The zero-order valence-corrected chi connectivity index (χ0v) is 7.91. The molecule has 0 spiro atoms. The third kappa shape index (κ3) is 1.31. The largest absolute Gasteiger partial charge is 0.398 e. The zero-order valence-electron chi connectivity index (χ0n) is 7.16. The molecule has 1 aliphatic rings. The highest BCUT2D eigenvalue weighted by Crippen LogP contribution is 2.60. The van der Waals surface area contributed by atoms with E-state index in [1.54, 1.807) is 0 Å². The molecule has 1 aromatic carbocycles. The van der Waals surface area contributed by atoms with Gasteiger partial charge < -0.3 is 0 Å². The van der Waals surface area contributed by atoms with Crippen LogP contribution in [0.2, 0.25) is 5.02 Å². The maximum atomic E-state index is 12.7. The molecule has 4 heteroatoms. The van der Waals surface area contributed by atoms with Gasteiger partial charge in [0.2, 0.25) is 0 Å². The lowest BCUT2D eigenvalue weighted by atomic mass is 9.95. The molecule has 1 aliphatic carbocycles. The van der Waals surface area contributed by atoms with E-state index in [0.29, 0.717) is 0 Å². The van der Waals surface area contributed by atoms with E-state index >= 15 is 0 Å². The van der Waals surface area contributed by atoms with Crippen molar-refractivity contribution < 1.29 is 13.2 Å². The van der Waals surface area contributed by atoms with Crippen molar-refractivity contribution in [2.45, 2.75) is 24.4 Å². The third-order valence-electron chi connectivity index (χ3n) is 2.61. The number of halogens is 4. The summed E-state index contributed by atoms with van der Waals surface area (Å²) >= 11 is 5.70. The number of alkyl halides is 3. The van der Waals surface area contributed by atoms with Crippen molar-refractivity contribution in [2.24, 2.45) is 0 Å². The Bertz CT molecular complexity index is 353. The number of hydrogen-bond donors (Lipinski definition) is 0. The molecule has 0 unspecified atom stereocenters. The van der Waals surface area contributed by atoms with Crippen molar-refractivity contribution in [1.82, 2.24) is 0 Å². The van der Waals surface area contributed by atoms with Crippen LogP contribution in [0, 0.1) is 6.07 Å². The van der Waals surface area contributed by atoms with Crippen molar-refractivity contribution in [3.05, 3.63) is 34.9 Å². The number of rotatable bonds is 1. The van der Waals surface area contributed by atoms with Gasteiger partial charge in [0.25, 0.3) is 0 Å². The second kappa shape index (κ2) is 2.89. The fourth-order valence-corrected chi connectivity index (χ4v) is 1.92. The van der Waals surface area contributed by atoms with Crippen LogP contribution >= 0.6 is 11.6 Å². The van der Waals surface area contributed by atoms with E-state index < -0.39 is 11.6 Å². The summed E-state index contributed by atoms with van der Waals surface area (Å²) in [6, 6.07) is 7.06. The molecule has 75 valence electrons. The summed E-state index contributed by atoms with van der Waals surface area (Å²) in [6.45, 7) is 0. The SMILES string of the molecule is FC(F)(F)C1(c2ccc[c]c2Cl)CC1. The molecule has 2 rings (SSSR count). The molecule has 0 N–H and O–H groups in total. The first-order valence-electron chi connectivity index (χ1n) is 4.21. The van der Waals surface area contributed by atoms with Gasteiger partial charge >= 0.3 is 6.18 Å². The normalized spacial score (nSPS) is 19.4. The Morgan fingerprint density at radius 3 is 2.43 bits per heavy atom. The Balaban J connectivity index is 2.46. The smallest absolute Gasteiger partial charge is 0.170 e. The average Bonchev–Trinajstić information content (AvgIpc) is 2.84. The summed E-state index contributed by atoms with van der Waals surface area (Å²) in [6.07, 6.45) is -3.94. The fraction of sp³-hybridized carbons (Fsp3) is 0.400. The predicted molar refractivity (Wildman–Crippen MR) is 47.3 cm³/mol. The first-order chi connectivity index (χ1) is 6.47. The first kappa shape index (κ1) is 9.84. The summed E-state index contributed by atoms with van der Waals surface area (Å²) in [5, 5.41) is 0.0855. The minimum Gasteiger partial charge on any atom is -0.170 e. The van der Waals surface area contributed by atoms with Crippen LogP contribution in [0.5, 0.6) is 0 Å². The molecular formula is C10H7ClF3. The monoisotopic (exact) mass is 219 g/mol. The maximum absolute atomic E-state index is 12.7. The van der Waals surface area contributed by atoms with Gasteiger partial charge in [-0.25, -0.2) is 0 Å². The van der Waals surface area contributed by atoms with E-state index in [4.69, 9.17) is 11.6 Å². The summed E-state index contributed by atoms with van der Waals surface area (Å²) < 4.78 is 38.1. The Morgan fingerprint density at radius 2 is 2.00 bits per heavy atom. The quantitative estimate of drug-likeness (QED) is 0.675. The fourth-order valence-electron chi connectivity index (χ4n) is 1.62. The molecule has 0 amide bonds. The van der Waals surface area contributed by atoms with Crippen molar-refractivity contribution in [3.8, 4) is 0 Å². The lowest BCUT2D eigenvalue weighted by molar-refractivity contribution is -0.160. The van der Waals surface area contributed by atoms with Gasteiger partial charge in [-0.1, -0.05) is 29.8 Å². The first-order valence-corrected chi connectivity index (χ1v) is 4.59. The Labute approximate surface area is 84.7 Å². The Morgan fingerprint density at radius 1 is 1.36 bits per heavy atom. The van der Waals surface area contributed by atoms with E-state index in [1.165, 1.54) is 18.2 Å². The summed E-state index contributed by atoms with van der Waals surface area (Å²) in [4.78, 5) is 0. The van der Waals surface area contributed by atoms with Crippen LogP contribution in [0.3, 0.4) is 0 Å². The van der Waals surface area contributed by atoms with Gasteiger partial charge in [0, 0.05) is 6.07 Å².